The lowest BCUT2D eigenvalue weighted by atomic mass is 10.2. The molecule has 0 unspecified atom stereocenters. The van der Waals surface area contributed by atoms with Crippen LogP contribution < -0.4 is 9.64 Å². The maximum absolute atomic E-state index is 12.2. The summed E-state index contributed by atoms with van der Waals surface area (Å²) in [5.74, 6) is 0.607. The van der Waals surface area contributed by atoms with Crippen molar-refractivity contribution in [2.75, 3.05) is 18.1 Å². The quantitative estimate of drug-likeness (QED) is 0.841. The second kappa shape index (κ2) is 5.61. The molecule has 0 aliphatic carbocycles. The number of aromatic nitrogens is 1. The summed E-state index contributed by atoms with van der Waals surface area (Å²) < 4.78 is 10.8. The van der Waals surface area contributed by atoms with Crippen LogP contribution in [0.5, 0.6) is 5.75 Å². The molecule has 0 radical (unpaired) electrons. The lowest BCUT2D eigenvalue weighted by Gasteiger charge is -2.28. The number of benzene rings is 1. The molecule has 1 amide bonds. The third-order valence-electron chi connectivity index (χ3n) is 3.05. The minimum atomic E-state index is -0.371. The Hall–Kier alpha value is -2.56. The summed E-state index contributed by atoms with van der Waals surface area (Å²) >= 11 is 0. The first-order valence-corrected chi connectivity index (χ1v) is 6.39. The molecule has 5 nitrogen and oxygen atoms in total. The molecule has 1 aromatic heterocycles. The monoisotopic (exact) mass is 270 g/mol. The van der Waals surface area contributed by atoms with E-state index in [1.807, 2.05) is 30.3 Å². The highest BCUT2D eigenvalue weighted by Crippen LogP contribution is 2.30. The maximum atomic E-state index is 12.2. The predicted octanol–water partition coefficient (Wildman–Crippen LogP) is 2.62. The van der Waals surface area contributed by atoms with Crippen LogP contribution in [-0.4, -0.2) is 24.2 Å². The van der Waals surface area contributed by atoms with Gasteiger partial charge < -0.3 is 9.47 Å². The standard InChI is InChI=1S/C15H14N2O3/c18-15(20-11-12-4-2-1-3-5-12)17-8-9-19-14-10-16-7-6-13(14)17/h1-7,10H,8-9,11H2. The normalized spacial score (nSPS) is 13.3. The summed E-state index contributed by atoms with van der Waals surface area (Å²) in [5.41, 5.74) is 1.66. The fraction of sp³-hybridized carbons (Fsp3) is 0.200. The van der Waals surface area contributed by atoms with Crippen LogP contribution in [0.4, 0.5) is 10.5 Å². The average Bonchev–Trinajstić information content (AvgIpc) is 2.53. The lowest BCUT2D eigenvalue weighted by Crippen LogP contribution is -2.38. The number of anilines is 1. The zero-order valence-corrected chi connectivity index (χ0v) is 10.9. The zero-order chi connectivity index (χ0) is 13.8. The number of fused-ring (bicyclic) bond motifs is 1. The van der Waals surface area contributed by atoms with Gasteiger partial charge in [-0.15, -0.1) is 0 Å². The Morgan fingerprint density at radius 2 is 2.15 bits per heavy atom. The molecular weight excluding hydrogens is 256 g/mol. The van der Waals surface area contributed by atoms with Crippen LogP contribution >= 0.6 is 0 Å². The van der Waals surface area contributed by atoms with Crippen LogP contribution in [0.2, 0.25) is 0 Å². The highest BCUT2D eigenvalue weighted by Gasteiger charge is 2.24. The third-order valence-corrected chi connectivity index (χ3v) is 3.05. The molecule has 1 aromatic carbocycles. The van der Waals surface area contributed by atoms with Crippen molar-refractivity contribution in [3.8, 4) is 5.75 Å². The third kappa shape index (κ3) is 2.56. The van der Waals surface area contributed by atoms with E-state index in [1.54, 1.807) is 23.4 Å². The van der Waals surface area contributed by atoms with Gasteiger partial charge in [-0.25, -0.2) is 4.79 Å². The molecular formula is C15H14N2O3. The molecule has 0 saturated carbocycles. The molecule has 1 aliphatic rings. The van der Waals surface area contributed by atoms with E-state index in [4.69, 9.17) is 9.47 Å². The Bertz CT molecular complexity index is 601. The molecule has 0 spiro atoms. The molecule has 5 heteroatoms. The minimum Gasteiger partial charge on any atom is -0.488 e. The van der Waals surface area contributed by atoms with Crippen molar-refractivity contribution in [2.45, 2.75) is 6.61 Å². The molecule has 0 fully saturated rings. The van der Waals surface area contributed by atoms with Gasteiger partial charge in [0.2, 0.25) is 0 Å². The SMILES string of the molecule is O=C(OCc1ccccc1)N1CCOc2cnccc21. The predicted molar refractivity (Wildman–Crippen MR) is 73.7 cm³/mol. The van der Waals surface area contributed by atoms with Gasteiger partial charge in [-0.1, -0.05) is 30.3 Å². The van der Waals surface area contributed by atoms with E-state index in [1.165, 1.54) is 0 Å². The van der Waals surface area contributed by atoms with Crippen molar-refractivity contribution < 1.29 is 14.3 Å². The fourth-order valence-electron chi connectivity index (χ4n) is 2.06. The van der Waals surface area contributed by atoms with E-state index >= 15 is 0 Å². The molecule has 0 saturated heterocycles. The number of hydrogen-bond acceptors (Lipinski definition) is 4. The largest absolute Gasteiger partial charge is 0.488 e. The number of nitrogens with zero attached hydrogens (tertiary/aromatic N) is 2. The van der Waals surface area contributed by atoms with Gasteiger partial charge in [0.1, 0.15) is 13.2 Å². The minimum absolute atomic E-state index is 0.261. The topological polar surface area (TPSA) is 51.7 Å². The molecule has 0 atom stereocenters. The van der Waals surface area contributed by atoms with Crippen LogP contribution in [0, 0.1) is 0 Å². The number of amides is 1. The molecule has 0 bridgehead atoms. The van der Waals surface area contributed by atoms with Crippen molar-refractivity contribution in [2.24, 2.45) is 0 Å². The zero-order valence-electron chi connectivity index (χ0n) is 10.9. The van der Waals surface area contributed by atoms with Crippen molar-refractivity contribution >= 4 is 11.8 Å². The second-order valence-electron chi connectivity index (χ2n) is 4.38. The van der Waals surface area contributed by atoms with Gasteiger partial charge in [0, 0.05) is 6.20 Å². The van der Waals surface area contributed by atoms with Crippen molar-refractivity contribution in [1.82, 2.24) is 4.98 Å². The van der Waals surface area contributed by atoms with Gasteiger partial charge in [0.25, 0.3) is 0 Å². The molecule has 2 heterocycles. The Balaban J connectivity index is 1.69. The Kier molecular flexibility index (Phi) is 3.50. The van der Waals surface area contributed by atoms with Crippen LogP contribution in [-0.2, 0) is 11.3 Å². The summed E-state index contributed by atoms with van der Waals surface area (Å²) in [7, 11) is 0. The van der Waals surface area contributed by atoms with E-state index < -0.39 is 0 Å². The summed E-state index contributed by atoms with van der Waals surface area (Å²) in [6.07, 6.45) is 2.86. The molecule has 2 aromatic rings. The average molecular weight is 270 g/mol. The number of carbonyl (C=O) groups excluding carboxylic acids is 1. The highest BCUT2D eigenvalue weighted by molar-refractivity contribution is 5.89. The fourth-order valence-corrected chi connectivity index (χ4v) is 2.06. The summed E-state index contributed by atoms with van der Waals surface area (Å²) in [6.45, 7) is 1.18. The first-order valence-electron chi connectivity index (χ1n) is 6.39. The first-order chi connectivity index (χ1) is 9.84. The van der Waals surface area contributed by atoms with E-state index in [0.717, 1.165) is 5.56 Å². The molecule has 0 N–H and O–H groups in total. The van der Waals surface area contributed by atoms with Crippen molar-refractivity contribution in [3.63, 3.8) is 0 Å². The van der Waals surface area contributed by atoms with Gasteiger partial charge in [-0.3, -0.25) is 9.88 Å². The van der Waals surface area contributed by atoms with Gasteiger partial charge >= 0.3 is 6.09 Å². The summed E-state index contributed by atoms with van der Waals surface area (Å²) in [6, 6.07) is 11.3. The van der Waals surface area contributed by atoms with Gasteiger partial charge in [0.05, 0.1) is 18.4 Å². The number of pyridine rings is 1. The Morgan fingerprint density at radius 1 is 1.30 bits per heavy atom. The highest BCUT2D eigenvalue weighted by atomic mass is 16.6. The van der Waals surface area contributed by atoms with Crippen LogP contribution in [0.1, 0.15) is 5.56 Å². The van der Waals surface area contributed by atoms with Crippen molar-refractivity contribution in [3.05, 3.63) is 54.4 Å². The molecule has 102 valence electrons. The van der Waals surface area contributed by atoms with Gasteiger partial charge in [0.15, 0.2) is 5.75 Å². The van der Waals surface area contributed by atoms with E-state index in [-0.39, 0.29) is 12.7 Å². The first kappa shape index (κ1) is 12.5. The Morgan fingerprint density at radius 3 is 3.00 bits per heavy atom. The van der Waals surface area contributed by atoms with E-state index in [0.29, 0.717) is 24.6 Å². The smallest absolute Gasteiger partial charge is 0.414 e. The van der Waals surface area contributed by atoms with Crippen molar-refractivity contribution in [1.29, 1.82) is 0 Å². The van der Waals surface area contributed by atoms with Gasteiger partial charge in [-0.2, -0.15) is 0 Å². The number of ether oxygens (including phenoxy) is 2. The maximum Gasteiger partial charge on any atom is 0.414 e. The number of carbonyl (C=O) groups is 1. The van der Waals surface area contributed by atoms with Gasteiger partial charge in [-0.05, 0) is 11.6 Å². The molecule has 3 rings (SSSR count). The summed E-state index contributed by atoms with van der Waals surface area (Å²) in [5, 5.41) is 0. The number of rotatable bonds is 2. The molecule has 1 aliphatic heterocycles. The lowest BCUT2D eigenvalue weighted by molar-refractivity contribution is 0.144. The van der Waals surface area contributed by atoms with E-state index in [2.05, 4.69) is 4.98 Å². The number of hydrogen-bond donors (Lipinski definition) is 0. The second-order valence-corrected chi connectivity index (χ2v) is 4.38. The van der Waals surface area contributed by atoms with Crippen LogP contribution in [0.15, 0.2) is 48.8 Å². The van der Waals surface area contributed by atoms with Crippen LogP contribution in [0.3, 0.4) is 0 Å². The van der Waals surface area contributed by atoms with E-state index in [9.17, 15) is 4.79 Å². The Labute approximate surface area is 116 Å². The molecule has 20 heavy (non-hydrogen) atoms. The van der Waals surface area contributed by atoms with Crippen LogP contribution in [0.25, 0.3) is 0 Å². The summed E-state index contributed by atoms with van der Waals surface area (Å²) in [4.78, 5) is 17.7.